The van der Waals surface area contributed by atoms with Crippen molar-refractivity contribution in [2.75, 3.05) is 20.3 Å². The molecule has 0 unspecified atom stereocenters. The summed E-state index contributed by atoms with van der Waals surface area (Å²) in [5.41, 5.74) is 1.37. The van der Waals surface area contributed by atoms with Crippen molar-refractivity contribution in [3.8, 4) is 17.6 Å². The first-order chi connectivity index (χ1) is 16.2. The van der Waals surface area contributed by atoms with E-state index in [1.54, 1.807) is 28.8 Å². The van der Waals surface area contributed by atoms with Crippen LogP contribution in [-0.2, 0) is 6.54 Å². The van der Waals surface area contributed by atoms with E-state index in [0.717, 1.165) is 18.9 Å². The Kier molecular flexibility index (Phi) is 6.15. The first kappa shape index (κ1) is 23.4. The highest BCUT2D eigenvalue weighted by Gasteiger charge is 2.42. The number of aromatic nitrogens is 1. The molecule has 0 radical (unpaired) electrons. The van der Waals surface area contributed by atoms with Crippen LogP contribution in [0.25, 0.3) is 10.9 Å². The number of benzene rings is 2. The topological polar surface area (TPSA) is 96.5 Å². The Labute approximate surface area is 193 Å². The molecule has 34 heavy (non-hydrogen) atoms. The lowest BCUT2D eigenvalue weighted by atomic mass is 10.1. The van der Waals surface area contributed by atoms with Gasteiger partial charge >= 0.3 is 6.36 Å². The van der Waals surface area contributed by atoms with E-state index in [0.29, 0.717) is 34.3 Å². The Balaban J connectivity index is 1.73. The highest BCUT2D eigenvalue weighted by atomic mass is 19.4. The minimum atomic E-state index is -4.85. The van der Waals surface area contributed by atoms with Gasteiger partial charge in [-0.2, -0.15) is 5.26 Å². The molecular weight excluding hydrogens is 451 g/mol. The summed E-state index contributed by atoms with van der Waals surface area (Å²) >= 11 is 0. The zero-order valence-electron chi connectivity index (χ0n) is 18.3. The van der Waals surface area contributed by atoms with Crippen LogP contribution in [0.1, 0.15) is 34.5 Å². The summed E-state index contributed by atoms with van der Waals surface area (Å²) in [6, 6.07) is 12.3. The van der Waals surface area contributed by atoms with Gasteiger partial charge in [0, 0.05) is 28.4 Å². The molecule has 1 amide bonds. The summed E-state index contributed by atoms with van der Waals surface area (Å²) in [7, 11) is 1.40. The lowest BCUT2D eigenvalue weighted by molar-refractivity contribution is -0.274. The fraction of sp³-hybridized carbons (Fsp3) is 0.333. The normalized spacial score (nSPS) is 14.5. The lowest BCUT2D eigenvalue weighted by Crippen LogP contribution is -2.33. The number of nitriles is 1. The third-order valence-electron chi connectivity index (χ3n) is 5.99. The molecule has 3 aromatic rings. The van der Waals surface area contributed by atoms with Crippen molar-refractivity contribution in [3.63, 3.8) is 0 Å². The van der Waals surface area contributed by atoms with Crippen molar-refractivity contribution in [2.24, 2.45) is 5.41 Å². The Morgan fingerprint density at radius 2 is 2.00 bits per heavy atom. The molecule has 1 aliphatic carbocycles. The highest BCUT2D eigenvalue weighted by Crippen LogP contribution is 2.44. The van der Waals surface area contributed by atoms with Gasteiger partial charge in [0.1, 0.15) is 17.2 Å². The number of carbonyl (C=O) groups excluding carboxylic acids is 1. The first-order valence-electron chi connectivity index (χ1n) is 10.5. The summed E-state index contributed by atoms with van der Waals surface area (Å²) in [6.07, 6.45) is -3.21. The van der Waals surface area contributed by atoms with E-state index in [9.17, 15) is 28.3 Å². The Hall–Kier alpha value is -3.71. The van der Waals surface area contributed by atoms with Gasteiger partial charge in [-0.3, -0.25) is 4.79 Å². The second-order valence-corrected chi connectivity index (χ2v) is 8.36. The largest absolute Gasteiger partial charge is 0.573 e. The van der Waals surface area contributed by atoms with E-state index in [-0.39, 0.29) is 24.3 Å². The number of hydrogen-bond donors (Lipinski definition) is 2. The van der Waals surface area contributed by atoms with Gasteiger partial charge in [-0.1, -0.05) is 0 Å². The van der Waals surface area contributed by atoms with Crippen LogP contribution in [0.4, 0.5) is 13.2 Å². The molecule has 1 aliphatic rings. The molecule has 7 nitrogen and oxygen atoms in total. The summed E-state index contributed by atoms with van der Waals surface area (Å²) in [5.74, 6) is -0.471. The maximum Gasteiger partial charge on any atom is 0.573 e. The molecule has 10 heteroatoms. The number of ether oxygens (including phenoxy) is 2. The summed E-state index contributed by atoms with van der Waals surface area (Å²) in [6.45, 7) is 0.304. The van der Waals surface area contributed by atoms with Crippen LogP contribution in [0.15, 0.2) is 42.5 Å². The molecule has 0 atom stereocenters. The molecule has 0 bridgehead atoms. The number of aliphatic hydroxyl groups is 1. The summed E-state index contributed by atoms with van der Waals surface area (Å²) in [5, 5.41) is 22.3. The third-order valence-corrected chi connectivity index (χ3v) is 5.99. The van der Waals surface area contributed by atoms with E-state index in [4.69, 9.17) is 4.74 Å². The van der Waals surface area contributed by atoms with E-state index in [2.05, 4.69) is 16.1 Å². The van der Waals surface area contributed by atoms with Gasteiger partial charge in [-0.15, -0.1) is 13.2 Å². The number of carbonyl (C=O) groups is 1. The van der Waals surface area contributed by atoms with Crippen molar-refractivity contribution < 1.29 is 32.5 Å². The van der Waals surface area contributed by atoms with Gasteiger partial charge in [0.05, 0.1) is 31.9 Å². The number of nitrogens with one attached hydrogen (secondary N) is 1. The monoisotopic (exact) mass is 473 g/mol. The molecule has 0 spiro atoms. The SMILES string of the molecule is COc1ccc(OC(F)(F)F)cc1Cn1c(C(=O)NCC2(CO)CC2)cc2cc(C#N)ccc21. The molecule has 0 saturated heterocycles. The first-order valence-corrected chi connectivity index (χ1v) is 10.5. The number of alkyl halides is 3. The fourth-order valence-electron chi connectivity index (χ4n) is 3.87. The minimum absolute atomic E-state index is 0.0154. The molecule has 1 heterocycles. The van der Waals surface area contributed by atoms with Gasteiger partial charge < -0.3 is 24.5 Å². The molecule has 2 aromatic carbocycles. The minimum Gasteiger partial charge on any atom is -0.496 e. The number of aliphatic hydroxyl groups excluding tert-OH is 1. The number of halogens is 3. The van der Waals surface area contributed by atoms with Crippen LogP contribution < -0.4 is 14.8 Å². The third kappa shape index (κ3) is 4.94. The number of methoxy groups -OCH3 is 1. The number of fused-ring (bicyclic) bond motifs is 1. The molecule has 1 saturated carbocycles. The lowest BCUT2D eigenvalue weighted by Gasteiger charge is -2.17. The van der Waals surface area contributed by atoms with Gasteiger partial charge in [-0.25, -0.2) is 0 Å². The standard InChI is InChI=1S/C24H22F3N3O4/c1-33-21-5-3-18(34-24(25,26)27)9-17(21)12-30-19-4-2-15(11-28)8-16(19)10-20(30)22(32)29-13-23(14-31)6-7-23/h2-5,8-10,31H,6-7,12-14H2,1H3,(H,29,32). The molecule has 0 aliphatic heterocycles. The fourth-order valence-corrected chi connectivity index (χ4v) is 3.87. The highest BCUT2D eigenvalue weighted by molar-refractivity contribution is 5.99. The van der Waals surface area contributed by atoms with Crippen LogP contribution in [0.2, 0.25) is 0 Å². The number of amides is 1. The van der Waals surface area contributed by atoms with Crippen molar-refractivity contribution in [3.05, 3.63) is 59.3 Å². The van der Waals surface area contributed by atoms with Crippen LogP contribution in [-0.4, -0.2) is 42.2 Å². The zero-order chi connectivity index (χ0) is 24.5. The molecule has 178 valence electrons. The van der Waals surface area contributed by atoms with Crippen molar-refractivity contribution in [1.29, 1.82) is 5.26 Å². The maximum atomic E-state index is 13.1. The van der Waals surface area contributed by atoms with Gasteiger partial charge in [0.25, 0.3) is 5.91 Å². The Morgan fingerprint density at radius 1 is 1.24 bits per heavy atom. The summed E-state index contributed by atoms with van der Waals surface area (Å²) in [4.78, 5) is 13.1. The van der Waals surface area contributed by atoms with E-state index >= 15 is 0 Å². The number of hydrogen-bond acceptors (Lipinski definition) is 5. The van der Waals surface area contributed by atoms with Crippen LogP contribution in [0.5, 0.6) is 11.5 Å². The van der Waals surface area contributed by atoms with Crippen molar-refractivity contribution in [2.45, 2.75) is 25.7 Å². The number of nitrogens with zero attached hydrogens (tertiary/aromatic N) is 2. The molecule has 4 rings (SSSR count). The van der Waals surface area contributed by atoms with Crippen LogP contribution in [0.3, 0.4) is 0 Å². The molecule has 2 N–H and O–H groups in total. The quantitative estimate of drug-likeness (QED) is 0.516. The van der Waals surface area contributed by atoms with Crippen molar-refractivity contribution >= 4 is 16.8 Å². The summed E-state index contributed by atoms with van der Waals surface area (Å²) < 4.78 is 49.2. The predicted octanol–water partition coefficient (Wildman–Crippen LogP) is 3.97. The van der Waals surface area contributed by atoms with Crippen LogP contribution in [0, 0.1) is 16.7 Å². The second kappa shape index (κ2) is 8.91. The molecule has 1 fully saturated rings. The predicted molar refractivity (Wildman–Crippen MR) is 117 cm³/mol. The van der Waals surface area contributed by atoms with Gasteiger partial charge in [0.2, 0.25) is 0 Å². The van der Waals surface area contributed by atoms with Gasteiger partial charge in [-0.05, 0) is 55.3 Å². The smallest absolute Gasteiger partial charge is 0.496 e. The van der Waals surface area contributed by atoms with Crippen molar-refractivity contribution in [1.82, 2.24) is 9.88 Å². The van der Waals surface area contributed by atoms with E-state index in [1.165, 1.54) is 19.2 Å². The Bertz CT molecular complexity index is 1270. The molecular formula is C24H22F3N3O4. The number of rotatable bonds is 8. The Morgan fingerprint density at radius 3 is 2.62 bits per heavy atom. The average molecular weight is 473 g/mol. The average Bonchev–Trinajstić information content (AvgIpc) is 3.51. The van der Waals surface area contributed by atoms with E-state index < -0.39 is 18.0 Å². The zero-order valence-corrected chi connectivity index (χ0v) is 18.3. The van der Waals surface area contributed by atoms with E-state index in [1.807, 2.05) is 0 Å². The van der Waals surface area contributed by atoms with Crippen LogP contribution >= 0.6 is 0 Å². The second-order valence-electron chi connectivity index (χ2n) is 8.36. The molecule has 1 aromatic heterocycles. The maximum absolute atomic E-state index is 13.1. The van der Waals surface area contributed by atoms with Gasteiger partial charge in [0.15, 0.2) is 0 Å².